The molecular weight excluding hydrogens is 835 g/mol. The van der Waals surface area contributed by atoms with Crippen LogP contribution in [0.2, 0.25) is 0 Å². The van der Waals surface area contributed by atoms with Crippen LogP contribution in [0, 0.1) is 0 Å². The van der Waals surface area contributed by atoms with Crippen LogP contribution in [0.3, 0.4) is 0 Å². The molecule has 0 saturated heterocycles. The first-order valence-electron chi connectivity index (χ1n) is 24.9. The maximum absolute atomic E-state index is 6.78. The standard InChI is InChI=1S/C67H51NO/c1-66(2)58-28-11-8-23-51(58)56-27-16-26-55(64(56)66)49-21-7-6-19-47(49)44-32-35-45(36-33-44)68(46-37-39-52-50-22-9-12-29-59(50)67(60(52)42-46)40-14-3-15-41-67)61-30-13-10-24-53(61)54-25-17-31-62-63(54)57-38-34-43-18-4-5-20-48(43)65(57)69-62/h4-13,16-39,42H,3,14-15,40-41H2,1-2H3. The molecule has 3 aliphatic rings. The number of para-hydroxylation sites is 1. The largest absolute Gasteiger partial charge is 0.455 e. The van der Waals surface area contributed by atoms with E-state index in [1.54, 1.807) is 0 Å². The molecular formula is C67H51NO. The predicted octanol–water partition coefficient (Wildman–Crippen LogP) is 18.7. The summed E-state index contributed by atoms with van der Waals surface area (Å²) >= 11 is 0. The number of rotatable bonds is 6. The van der Waals surface area contributed by atoms with Crippen LogP contribution in [0.5, 0.6) is 0 Å². The third kappa shape index (κ3) is 5.91. The fourth-order valence-corrected chi connectivity index (χ4v) is 13.2. The number of nitrogens with zero attached hydrogens (tertiary/aromatic N) is 1. The zero-order valence-corrected chi connectivity index (χ0v) is 39.1. The summed E-state index contributed by atoms with van der Waals surface area (Å²) < 4.78 is 6.78. The number of benzene rings is 10. The second-order valence-corrected chi connectivity index (χ2v) is 20.2. The molecule has 2 nitrogen and oxygen atoms in total. The Morgan fingerprint density at radius 2 is 1.00 bits per heavy atom. The molecule has 0 aliphatic heterocycles. The minimum Gasteiger partial charge on any atom is -0.455 e. The highest BCUT2D eigenvalue weighted by Crippen LogP contribution is 2.58. The average Bonchev–Trinajstić information content (AvgIpc) is 4.01. The van der Waals surface area contributed by atoms with Crippen LogP contribution in [0.15, 0.2) is 217 Å². The molecule has 1 heterocycles. The van der Waals surface area contributed by atoms with Crippen molar-refractivity contribution in [3.05, 3.63) is 235 Å². The number of hydrogen-bond donors (Lipinski definition) is 0. The van der Waals surface area contributed by atoms with Crippen molar-refractivity contribution in [3.63, 3.8) is 0 Å². The Morgan fingerprint density at radius 3 is 1.81 bits per heavy atom. The van der Waals surface area contributed by atoms with Gasteiger partial charge in [-0.3, -0.25) is 0 Å². The molecule has 1 saturated carbocycles. The molecule has 10 aromatic carbocycles. The molecule has 1 spiro atoms. The molecule has 0 atom stereocenters. The molecule has 0 radical (unpaired) electrons. The summed E-state index contributed by atoms with van der Waals surface area (Å²) in [4.78, 5) is 2.52. The Balaban J connectivity index is 0.952. The Kier molecular flexibility index (Phi) is 8.90. The van der Waals surface area contributed by atoms with Gasteiger partial charge in [0.2, 0.25) is 0 Å². The first kappa shape index (κ1) is 40.2. The summed E-state index contributed by atoms with van der Waals surface area (Å²) in [6.45, 7) is 4.77. The summed E-state index contributed by atoms with van der Waals surface area (Å²) in [5, 5.41) is 4.59. The van der Waals surface area contributed by atoms with Gasteiger partial charge in [-0.25, -0.2) is 0 Å². The highest BCUT2D eigenvalue weighted by Gasteiger charge is 2.44. The Labute approximate surface area is 404 Å². The zero-order valence-electron chi connectivity index (χ0n) is 39.1. The lowest BCUT2D eigenvalue weighted by Crippen LogP contribution is -2.28. The Morgan fingerprint density at radius 1 is 0.406 bits per heavy atom. The summed E-state index contributed by atoms with van der Waals surface area (Å²) in [6.07, 6.45) is 6.17. The lowest BCUT2D eigenvalue weighted by molar-refractivity contribution is 0.353. The minimum absolute atomic E-state index is 0.0244. The van der Waals surface area contributed by atoms with Gasteiger partial charge < -0.3 is 9.32 Å². The van der Waals surface area contributed by atoms with Crippen LogP contribution in [-0.4, -0.2) is 0 Å². The fourth-order valence-electron chi connectivity index (χ4n) is 13.2. The number of anilines is 3. The van der Waals surface area contributed by atoms with E-state index in [4.69, 9.17) is 4.42 Å². The second-order valence-electron chi connectivity index (χ2n) is 20.2. The molecule has 3 aliphatic carbocycles. The van der Waals surface area contributed by atoms with Gasteiger partial charge in [0.1, 0.15) is 11.2 Å². The van der Waals surface area contributed by atoms with E-state index in [0.717, 1.165) is 49.8 Å². The van der Waals surface area contributed by atoms with Crippen LogP contribution in [0.1, 0.15) is 68.2 Å². The second kappa shape index (κ2) is 15.3. The highest BCUT2D eigenvalue weighted by molar-refractivity contribution is 6.19. The number of hydrogen-bond acceptors (Lipinski definition) is 2. The van der Waals surface area contributed by atoms with Crippen LogP contribution < -0.4 is 4.90 Å². The third-order valence-electron chi connectivity index (χ3n) is 16.3. The zero-order chi connectivity index (χ0) is 45.8. The Bertz CT molecular complexity index is 3860. The first-order chi connectivity index (χ1) is 34.0. The molecule has 11 aromatic rings. The van der Waals surface area contributed by atoms with Gasteiger partial charge in [0.15, 0.2) is 0 Å². The van der Waals surface area contributed by atoms with E-state index in [-0.39, 0.29) is 10.8 Å². The average molecular weight is 886 g/mol. The normalized spacial score (nSPS) is 15.0. The molecule has 69 heavy (non-hydrogen) atoms. The molecule has 2 heteroatoms. The van der Waals surface area contributed by atoms with E-state index in [9.17, 15) is 0 Å². The van der Waals surface area contributed by atoms with Gasteiger partial charge >= 0.3 is 0 Å². The molecule has 0 amide bonds. The SMILES string of the molecule is CC1(C)c2ccccc2-c2cccc(-c3ccccc3-c3ccc(N(c4ccc5c(c4)C4(CCCCC4)c4ccccc4-5)c4ccccc4-c4cccc5oc6c7ccccc7ccc6c45)cc3)c21. The molecule has 0 bridgehead atoms. The highest BCUT2D eigenvalue weighted by atomic mass is 16.3. The lowest BCUT2D eigenvalue weighted by atomic mass is 9.68. The lowest BCUT2D eigenvalue weighted by Gasteiger charge is -2.37. The summed E-state index contributed by atoms with van der Waals surface area (Å²) in [5.41, 5.74) is 23.7. The van der Waals surface area contributed by atoms with Crippen molar-refractivity contribution in [2.75, 3.05) is 4.90 Å². The topological polar surface area (TPSA) is 16.4 Å². The first-order valence-corrected chi connectivity index (χ1v) is 24.9. The molecule has 14 rings (SSSR count). The predicted molar refractivity (Wildman–Crippen MR) is 289 cm³/mol. The van der Waals surface area contributed by atoms with Gasteiger partial charge in [-0.1, -0.05) is 203 Å². The molecule has 0 N–H and O–H groups in total. The maximum Gasteiger partial charge on any atom is 0.143 e. The van der Waals surface area contributed by atoms with Gasteiger partial charge in [0.05, 0.1) is 5.69 Å². The van der Waals surface area contributed by atoms with Crippen molar-refractivity contribution >= 4 is 49.8 Å². The van der Waals surface area contributed by atoms with Crippen LogP contribution in [0.4, 0.5) is 17.1 Å². The molecule has 1 fully saturated rings. The van der Waals surface area contributed by atoms with E-state index in [0.29, 0.717) is 0 Å². The van der Waals surface area contributed by atoms with Gasteiger partial charge in [0.25, 0.3) is 0 Å². The molecule has 330 valence electrons. The van der Waals surface area contributed by atoms with Crippen molar-refractivity contribution in [2.24, 2.45) is 0 Å². The van der Waals surface area contributed by atoms with Crippen LogP contribution in [-0.2, 0) is 10.8 Å². The van der Waals surface area contributed by atoms with Gasteiger partial charge in [-0.05, 0) is 133 Å². The quantitative estimate of drug-likeness (QED) is 0.165. The summed E-state index contributed by atoms with van der Waals surface area (Å²) in [6, 6.07) is 79.3. The van der Waals surface area contributed by atoms with E-state index in [1.807, 2.05) is 0 Å². The number of fused-ring (bicyclic) bond motifs is 13. The minimum atomic E-state index is -0.123. The van der Waals surface area contributed by atoms with Crippen molar-refractivity contribution in [2.45, 2.75) is 56.8 Å². The van der Waals surface area contributed by atoms with E-state index in [1.165, 1.54) is 110 Å². The van der Waals surface area contributed by atoms with Crippen molar-refractivity contribution in [3.8, 4) is 55.6 Å². The fraction of sp³-hybridized carbons (Fsp3) is 0.134. The van der Waals surface area contributed by atoms with Crippen molar-refractivity contribution in [1.29, 1.82) is 0 Å². The monoisotopic (exact) mass is 885 g/mol. The van der Waals surface area contributed by atoms with Crippen LogP contribution in [0.25, 0.3) is 88.3 Å². The Hall–Kier alpha value is -7.94. The van der Waals surface area contributed by atoms with Crippen LogP contribution >= 0.6 is 0 Å². The molecule has 1 aromatic heterocycles. The van der Waals surface area contributed by atoms with Gasteiger partial charge in [-0.2, -0.15) is 0 Å². The summed E-state index contributed by atoms with van der Waals surface area (Å²) in [7, 11) is 0. The van der Waals surface area contributed by atoms with E-state index < -0.39 is 0 Å². The van der Waals surface area contributed by atoms with Gasteiger partial charge in [-0.15, -0.1) is 0 Å². The van der Waals surface area contributed by atoms with Gasteiger partial charge in [0, 0.05) is 43.9 Å². The molecule has 0 unspecified atom stereocenters. The van der Waals surface area contributed by atoms with Crippen molar-refractivity contribution in [1.82, 2.24) is 0 Å². The maximum atomic E-state index is 6.78. The number of furan rings is 1. The van der Waals surface area contributed by atoms with E-state index >= 15 is 0 Å². The smallest absolute Gasteiger partial charge is 0.143 e. The van der Waals surface area contributed by atoms with E-state index in [2.05, 4.69) is 231 Å². The van der Waals surface area contributed by atoms with Crippen molar-refractivity contribution < 1.29 is 4.42 Å². The summed E-state index contributed by atoms with van der Waals surface area (Å²) in [5.74, 6) is 0. The third-order valence-corrected chi connectivity index (χ3v) is 16.3.